The molecule has 2 aromatic rings. The summed E-state index contributed by atoms with van der Waals surface area (Å²) < 4.78 is 16.5. The summed E-state index contributed by atoms with van der Waals surface area (Å²) in [5.41, 5.74) is 4.05. The molecule has 6 nitrogen and oxygen atoms in total. The summed E-state index contributed by atoms with van der Waals surface area (Å²) in [5.74, 6) is 0.168. The number of nitrogens with zero attached hydrogens (tertiary/aromatic N) is 1. The van der Waals surface area contributed by atoms with E-state index in [4.69, 9.17) is 19.2 Å². The van der Waals surface area contributed by atoms with Crippen molar-refractivity contribution in [2.75, 3.05) is 13.7 Å². The lowest BCUT2D eigenvalue weighted by molar-refractivity contribution is -0.150. The Morgan fingerprint density at radius 2 is 1.63 bits per heavy atom. The molecule has 2 aromatic carbocycles. The third kappa shape index (κ3) is 5.16. The van der Waals surface area contributed by atoms with E-state index in [2.05, 4.69) is 0 Å². The summed E-state index contributed by atoms with van der Waals surface area (Å²) in [6.45, 7) is 8.02. The molecule has 0 aromatic heterocycles. The van der Waals surface area contributed by atoms with Crippen molar-refractivity contribution in [3.63, 3.8) is 0 Å². The van der Waals surface area contributed by atoms with Gasteiger partial charge in [-0.25, -0.2) is 0 Å². The number of Topliss-reactive ketones (excluding diaryl/α,β-unsaturated/α-hetero) is 1. The van der Waals surface area contributed by atoms with Crippen molar-refractivity contribution in [3.05, 3.63) is 70.9 Å². The Labute approximate surface area is 207 Å². The molecule has 1 aliphatic carbocycles. The van der Waals surface area contributed by atoms with Crippen molar-refractivity contribution in [2.24, 2.45) is 10.9 Å². The second kappa shape index (κ2) is 10.5. The summed E-state index contributed by atoms with van der Waals surface area (Å²) >= 11 is 0. The minimum atomic E-state index is -0.643. The molecule has 6 heteroatoms. The van der Waals surface area contributed by atoms with Gasteiger partial charge in [-0.2, -0.15) is 0 Å². The molecule has 184 valence electrons. The lowest BCUT2D eigenvalue weighted by Crippen LogP contribution is -2.38. The van der Waals surface area contributed by atoms with E-state index >= 15 is 0 Å². The first-order valence-electron chi connectivity index (χ1n) is 12.2. The quantitative estimate of drug-likeness (QED) is 0.486. The van der Waals surface area contributed by atoms with Crippen molar-refractivity contribution >= 4 is 17.5 Å². The zero-order valence-electron chi connectivity index (χ0n) is 21.0. The van der Waals surface area contributed by atoms with Crippen LogP contribution in [0.25, 0.3) is 0 Å². The van der Waals surface area contributed by atoms with Crippen LogP contribution in [0.5, 0.6) is 11.5 Å². The van der Waals surface area contributed by atoms with Gasteiger partial charge in [-0.15, -0.1) is 0 Å². The summed E-state index contributed by atoms with van der Waals surface area (Å²) in [4.78, 5) is 31.7. The zero-order chi connectivity index (χ0) is 25.1. The molecule has 1 aliphatic heterocycles. The molecule has 0 N–H and O–H groups in total. The molecule has 0 bridgehead atoms. The molecule has 4 rings (SSSR count). The molecular formula is C29H33NO5. The van der Waals surface area contributed by atoms with Gasteiger partial charge < -0.3 is 14.2 Å². The number of carbonyl (C=O) groups is 2. The first kappa shape index (κ1) is 24.7. The lowest BCUT2D eigenvalue weighted by Gasteiger charge is -2.36. The zero-order valence-corrected chi connectivity index (χ0v) is 21.0. The van der Waals surface area contributed by atoms with E-state index in [1.54, 1.807) is 7.11 Å². The van der Waals surface area contributed by atoms with Crippen molar-refractivity contribution in [1.82, 2.24) is 0 Å². The van der Waals surface area contributed by atoms with Crippen molar-refractivity contribution in [3.8, 4) is 11.5 Å². The monoisotopic (exact) mass is 475 g/mol. The molecule has 0 radical (unpaired) electrons. The van der Waals surface area contributed by atoms with Gasteiger partial charge in [0.1, 0.15) is 17.4 Å². The predicted octanol–water partition coefficient (Wildman–Crippen LogP) is 5.62. The SMILES string of the molecule is CCOc1ccc(C2C3=C(CC(c4ccc(OC)cc4)CC3=O)N=C(C)C2C(=O)OC(C)C)cc1. The van der Waals surface area contributed by atoms with Gasteiger partial charge in [0.25, 0.3) is 0 Å². The predicted molar refractivity (Wildman–Crippen MR) is 135 cm³/mol. The molecule has 0 fully saturated rings. The van der Waals surface area contributed by atoms with E-state index in [0.29, 0.717) is 30.7 Å². The first-order valence-corrected chi connectivity index (χ1v) is 12.2. The van der Waals surface area contributed by atoms with Gasteiger partial charge in [-0.3, -0.25) is 14.6 Å². The third-order valence-corrected chi connectivity index (χ3v) is 6.63. The molecule has 0 saturated heterocycles. The Morgan fingerprint density at radius 3 is 2.23 bits per heavy atom. The van der Waals surface area contributed by atoms with Crippen LogP contribution < -0.4 is 9.47 Å². The van der Waals surface area contributed by atoms with Crippen LogP contribution >= 0.6 is 0 Å². The molecule has 2 aliphatic rings. The van der Waals surface area contributed by atoms with Crippen molar-refractivity contribution in [2.45, 2.75) is 58.5 Å². The van der Waals surface area contributed by atoms with E-state index in [1.165, 1.54) is 0 Å². The van der Waals surface area contributed by atoms with E-state index in [9.17, 15) is 9.59 Å². The lowest BCUT2D eigenvalue weighted by atomic mass is 9.69. The minimum absolute atomic E-state index is 0.0313. The number of methoxy groups -OCH3 is 1. The molecule has 35 heavy (non-hydrogen) atoms. The number of carbonyl (C=O) groups excluding carboxylic acids is 2. The van der Waals surface area contributed by atoms with E-state index in [1.807, 2.05) is 76.2 Å². The molecule has 3 unspecified atom stereocenters. The summed E-state index contributed by atoms with van der Waals surface area (Å²) in [7, 11) is 1.64. The van der Waals surface area contributed by atoms with Crippen LogP contribution in [0, 0.1) is 5.92 Å². The Hall–Kier alpha value is -3.41. The Balaban J connectivity index is 1.75. The Morgan fingerprint density at radius 1 is 1.00 bits per heavy atom. The van der Waals surface area contributed by atoms with Crippen LogP contribution in [-0.2, 0) is 14.3 Å². The highest BCUT2D eigenvalue weighted by molar-refractivity contribution is 6.09. The Bertz CT molecular complexity index is 1140. The van der Waals surface area contributed by atoms with Crippen LogP contribution in [0.15, 0.2) is 64.8 Å². The van der Waals surface area contributed by atoms with Crippen molar-refractivity contribution < 1.29 is 23.8 Å². The smallest absolute Gasteiger partial charge is 0.315 e. The van der Waals surface area contributed by atoms with Crippen LogP contribution in [0.1, 0.15) is 63.5 Å². The van der Waals surface area contributed by atoms with Gasteiger partial charge >= 0.3 is 5.97 Å². The van der Waals surface area contributed by atoms with Crippen LogP contribution in [-0.4, -0.2) is 37.3 Å². The highest BCUT2D eigenvalue weighted by Gasteiger charge is 2.45. The number of allylic oxidation sites excluding steroid dienone is 2. The topological polar surface area (TPSA) is 74.2 Å². The fourth-order valence-electron chi connectivity index (χ4n) is 5.08. The first-order chi connectivity index (χ1) is 16.8. The highest BCUT2D eigenvalue weighted by Crippen LogP contribution is 2.47. The molecule has 0 saturated carbocycles. The number of rotatable bonds is 7. The Kier molecular flexibility index (Phi) is 7.39. The fraction of sp³-hybridized carbons (Fsp3) is 0.414. The molecular weight excluding hydrogens is 442 g/mol. The van der Waals surface area contributed by atoms with Gasteiger partial charge in [0.2, 0.25) is 0 Å². The number of hydrogen-bond acceptors (Lipinski definition) is 6. The van der Waals surface area contributed by atoms with E-state index in [-0.39, 0.29) is 23.8 Å². The standard InChI is InChI=1S/C29H33NO5/c1-6-34-23-13-9-20(10-14-23)27-26(29(32)35-17(2)3)18(4)30-24-15-21(16-25(31)28(24)27)19-7-11-22(33-5)12-8-19/h7-14,17,21,26-27H,6,15-16H2,1-5H3. The van der Waals surface area contributed by atoms with Gasteiger partial charge in [-0.1, -0.05) is 24.3 Å². The third-order valence-electron chi connectivity index (χ3n) is 6.63. The minimum Gasteiger partial charge on any atom is -0.497 e. The highest BCUT2D eigenvalue weighted by atomic mass is 16.5. The number of aliphatic imine (C=N–C) groups is 1. The average molecular weight is 476 g/mol. The molecule has 0 spiro atoms. The largest absolute Gasteiger partial charge is 0.497 e. The number of benzene rings is 2. The number of hydrogen-bond donors (Lipinski definition) is 0. The van der Waals surface area contributed by atoms with Gasteiger partial charge in [0.15, 0.2) is 5.78 Å². The van der Waals surface area contributed by atoms with Crippen LogP contribution in [0.2, 0.25) is 0 Å². The molecule has 3 atom stereocenters. The van der Waals surface area contributed by atoms with E-state index < -0.39 is 11.8 Å². The fourth-order valence-corrected chi connectivity index (χ4v) is 5.08. The maximum absolute atomic E-state index is 13.7. The maximum Gasteiger partial charge on any atom is 0.315 e. The van der Waals surface area contributed by atoms with Crippen molar-refractivity contribution in [1.29, 1.82) is 0 Å². The normalized spacial score (nSPS) is 21.9. The summed E-state index contributed by atoms with van der Waals surface area (Å²) in [6, 6.07) is 15.5. The van der Waals surface area contributed by atoms with Gasteiger partial charge in [-0.05, 0) is 75.4 Å². The maximum atomic E-state index is 13.7. The number of ether oxygens (including phenoxy) is 3. The average Bonchev–Trinajstić information content (AvgIpc) is 2.83. The second-order valence-electron chi connectivity index (χ2n) is 9.36. The molecule has 0 amide bonds. The second-order valence-corrected chi connectivity index (χ2v) is 9.36. The number of esters is 1. The van der Waals surface area contributed by atoms with Crippen LogP contribution in [0.4, 0.5) is 0 Å². The van der Waals surface area contributed by atoms with Gasteiger partial charge in [0.05, 0.1) is 19.8 Å². The number of ketones is 1. The molecule has 1 heterocycles. The summed E-state index contributed by atoms with van der Waals surface area (Å²) in [5, 5.41) is 0. The summed E-state index contributed by atoms with van der Waals surface area (Å²) in [6.07, 6.45) is 0.761. The van der Waals surface area contributed by atoms with Crippen LogP contribution in [0.3, 0.4) is 0 Å². The van der Waals surface area contributed by atoms with Gasteiger partial charge in [0, 0.05) is 29.3 Å². The van der Waals surface area contributed by atoms with E-state index in [0.717, 1.165) is 28.3 Å².